The van der Waals surface area contributed by atoms with E-state index in [9.17, 15) is 9.59 Å². The monoisotopic (exact) mass is 406 g/mol. The third kappa shape index (κ3) is 3.76. The lowest BCUT2D eigenvalue weighted by molar-refractivity contribution is 0.0729. The van der Waals surface area contributed by atoms with Crippen LogP contribution in [-0.2, 0) is 0 Å². The first kappa shape index (κ1) is 19.6. The van der Waals surface area contributed by atoms with Crippen molar-refractivity contribution < 1.29 is 14.3 Å². The first-order valence-electron chi connectivity index (χ1n) is 9.66. The van der Waals surface area contributed by atoms with Gasteiger partial charge in [0.15, 0.2) is 0 Å². The Balaban J connectivity index is 1.70. The van der Waals surface area contributed by atoms with Crippen molar-refractivity contribution in [3.63, 3.8) is 0 Å². The molecular formula is C22H22N4O4. The molecule has 0 aliphatic carbocycles. The Hall–Kier alpha value is -3.68. The second kappa shape index (κ2) is 8.36. The summed E-state index contributed by atoms with van der Waals surface area (Å²) in [4.78, 5) is 38.9. The molecule has 0 spiro atoms. The number of likely N-dealkylation sites (tertiary alicyclic amines) is 1. The van der Waals surface area contributed by atoms with Crippen LogP contribution in [0.3, 0.4) is 0 Å². The van der Waals surface area contributed by atoms with Gasteiger partial charge >= 0.3 is 0 Å². The largest absolute Gasteiger partial charge is 0.497 e. The number of hydrogen-bond acceptors (Lipinski definition) is 6. The Morgan fingerprint density at radius 3 is 2.83 bits per heavy atom. The van der Waals surface area contributed by atoms with Gasteiger partial charge in [-0.25, -0.2) is 9.97 Å². The van der Waals surface area contributed by atoms with Gasteiger partial charge in [-0.2, -0.15) is 0 Å². The molecule has 0 bridgehead atoms. The zero-order valence-electron chi connectivity index (χ0n) is 16.8. The number of rotatable bonds is 5. The van der Waals surface area contributed by atoms with Crippen molar-refractivity contribution in [2.45, 2.75) is 18.9 Å². The lowest BCUT2D eigenvalue weighted by Gasteiger charge is -2.24. The Morgan fingerprint density at radius 2 is 2.03 bits per heavy atom. The van der Waals surface area contributed by atoms with Crippen LogP contribution in [0.5, 0.6) is 11.6 Å². The molecule has 3 aromatic rings. The van der Waals surface area contributed by atoms with Gasteiger partial charge in [0.25, 0.3) is 11.5 Å². The zero-order valence-corrected chi connectivity index (χ0v) is 16.8. The minimum absolute atomic E-state index is 0.122. The number of amides is 1. The third-order valence-corrected chi connectivity index (χ3v) is 5.15. The lowest BCUT2D eigenvalue weighted by atomic mass is 10.1. The minimum Gasteiger partial charge on any atom is -0.497 e. The number of ether oxygens (including phenoxy) is 2. The number of methoxy groups -OCH3 is 2. The first-order valence-corrected chi connectivity index (χ1v) is 9.66. The summed E-state index contributed by atoms with van der Waals surface area (Å²) in [6, 6.07) is 11.7. The van der Waals surface area contributed by atoms with Crippen LogP contribution < -0.4 is 15.0 Å². The maximum atomic E-state index is 13.2. The number of aromatic amines is 1. The quantitative estimate of drug-likeness (QED) is 0.700. The van der Waals surface area contributed by atoms with Gasteiger partial charge < -0.3 is 19.4 Å². The zero-order chi connectivity index (χ0) is 21.1. The average Bonchev–Trinajstić information content (AvgIpc) is 3.28. The Kier molecular flexibility index (Phi) is 5.47. The highest BCUT2D eigenvalue weighted by Crippen LogP contribution is 2.33. The second-order valence-electron chi connectivity index (χ2n) is 6.96. The van der Waals surface area contributed by atoms with Gasteiger partial charge in [-0.3, -0.25) is 9.59 Å². The summed E-state index contributed by atoms with van der Waals surface area (Å²) in [6.45, 7) is 0.588. The van der Waals surface area contributed by atoms with Crippen molar-refractivity contribution in [1.82, 2.24) is 19.9 Å². The van der Waals surface area contributed by atoms with E-state index in [0.717, 1.165) is 6.42 Å². The van der Waals surface area contributed by atoms with Crippen molar-refractivity contribution in [3.8, 4) is 22.9 Å². The van der Waals surface area contributed by atoms with Gasteiger partial charge in [-0.15, -0.1) is 0 Å². The predicted octanol–water partition coefficient (Wildman–Crippen LogP) is 2.83. The number of H-pyrrole nitrogens is 1. The molecule has 4 rings (SSSR count). The van der Waals surface area contributed by atoms with E-state index in [1.54, 1.807) is 54.6 Å². The molecule has 0 unspecified atom stereocenters. The Labute approximate surface area is 173 Å². The highest BCUT2D eigenvalue weighted by Gasteiger charge is 2.33. The molecule has 1 aromatic carbocycles. The second-order valence-corrected chi connectivity index (χ2v) is 6.96. The highest BCUT2D eigenvalue weighted by atomic mass is 16.5. The molecule has 3 heterocycles. The molecule has 1 amide bonds. The van der Waals surface area contributed by atoms with Crippen molar-refractivity contribution in [3.05, 3.63) is 70.4 Å². The van der Waals surface area contributed by atoms with Gasteiger partial charge in [0.1, 0.15) is 11.6 Å². The number of hydrogen-bond donors (Lipinski definition) is 1. The molecule has 0 saturated carbocycles. The predicted molar refractivity (Wildman–Crippen MR) is 111 cm³/mol. The van der Waals surface area contributed by atoms with E-state index in [1.165, 1.54) is 13.2 Å². The Bertz CT molecular complexity index is 1130. The van der Waals surface area contributed by atoms with Crippen molar-refractivity contribution in [1.29, 1.82) is 0 Å². The summed E-state index contributed by atoms with van der Waals surface area (Å²) in [6.07, 6.45) is 3.15. The van der Waals surface area contributed by atoms with E-state index in [4.69, 9.17) is 9.47 Å². The van der Waals surface area contributed by atoms with Crippen LogP contribution in [0.25, 0.3) is 11.3 Å². The number of carbonyl (C=O) groups is 1. The van der Waals surface area contributed by atoms with Gasteiger partial charge in [0.2, 0.25) is 5.88 Å². The van der Waals surface area contributed by atoms with Crippen LogP contribution in [0.1, 0.15) is 35.1 Å². The van der Waals surface area contributed by atoms with Gasteiger partial charge in [0, 0.05) is 24.4 Å². The Morgan fingerprint density at radius 1 is 1.17 bits per heavy atom. The molecule has 1 aliphatic rings. The third-order valence-electron chi connectivity index (χ3n) is 5.15. The lowest BCUT2D eigenvalue weighted by Crippen LogP contribution is -2.32. The minimum atomic E-state index is -0.320. The molecule has 30 heavy (non-hydrogen) atoms. The van der Waals surface area contributed by atoms with Crippen LogP contribution in [0.15, 0.2) is 53.5 Å². The molecule has 0 radical (unpaired) electrons. The molecule has 8 heteroatoms. The van der Waals surface area contributed by atoms with Crippen LogP contribution in [0.2, 0.25) is 0 Å². The summed E-state index contributed by atoms with van der Waals surface area (Å²) in [5.74, 6) is 1.34. The maximum Gasteiger partial charge on any atom is 0.254 e. The fraction of sp³-hybridized carbons (Fsp3) is 0.273. The van der Waals surface area contributed by atoms with E-state index in [-0.39, 0.29) is 17.5 Å². The molecule has 1 atom stereocenters. The van der Waals surface area contributed by atoms with Crippen LogP contribution in [-0.4, -0.2) is 46.5 Å². The van der Waals surface area contributed by atoms with Crippen molar-refractivity contribution >= 4 is 5.91 Å². The number of carbonyl (C=O) groups excluding carboxylic acids is 1. The standard InChI is InChI=1S/C22H22N4O4/c1-29-15-7-3-6-14(12-15)22(28)26-11-5-9-18(26)20-24-17(13-19(27)25-20)16-8-4-10-23-21(16)30-2/h3-4,6-8,10,12-13,18H,5,9,11H2,1-2H3,(H,24,25,27)/t18-/m1/s1. The maximum absolute atomic E-state index is 13.2. The van der Waals surface area contributed by atoms with Crippen LogP contribution in [0.4, 0.5) is 0 Å². The summed E-state index contributed by atoms with van der Waals surface area (Å²) in [7, 11) is 3.08. The smallest absolute Gasteiger partial charge is 0.254 e. The van der Waals surface area contributed by atoms with E-state index >= 15 is 0 Å². The van der Waals surface area contributed by atoms with Gasteiger partial charge in [-0.05, 0) is 43.2 Å². The van der Waals surface area contributed by atoms with Crippen LogP contribution >= 0.6 is 0 Å². The van der Waals surface area contributed by atoms with E-state index in [1.807, 2.05) is 0 Å². The van der Waals surface area contributed by atoms with Gasteiger partial charge in [0.05, 0.1) is 31.5 Å². The van der Waals surface area contributed by atoms with Crippen LogP contribution in [0, 0.1) is 0 Å². The molecule has 8 nitrogen and oxygen atoms in total. The summed E-state index contributed by atoms with van der Waals surface area (Å²) in [5.41, 5.74) is 1.32. The number of pyridine rings is 1. The molecular weight excluding hydrogens is 384 g/mol. The average molecular weight is 406 g/mol. The van der Waals surface area contributed by atoms with E-state index in [2.05, 4.69) is 15.0 Å². The number of nitrogens with zero attached hydrogens (tertiary/aromatic N) is 3. The fourth-order valence-electron chi connectivity index (χ4n) is 3.74. The first-order chi connectivity index (χ1) is 14.6. The molecule has 1 N–H and O–H groups in total. The number of aromatic nitrogens is 3. The topological polar surface area (TPSA) is 97.4 Å². The number of benzene rings is 1. The van der Waals surface area contributed by atoms with Gasteiger partial charge in [-0.1, -0.05) is 6.07 Å². The van der Waals surface area contributed by atoms with Crippen molar-refractivity contribution in [2.24, 2.45) is 0 Å². The SMILES string of the molecule is COc1cccc(C(=O)N2CCC[C@@H]2c2nc(-c3cccnc3OC)cc(=O)[nH]2)c1. The molecule has 1 aliphatic heterocycles. The van der Waals surface area contributed by atoms with Crippen molar-refractivity contribution in [2.75, 3.05) is 20.8 Å². The molecule has 154 valence electrons. The summed E-state index contributed by atoms with van der Waals surface area (Å²) < 4.78 is 10.5. The number of nitrogens with one attached hydrogen (secondary N) is 1. The summed E-state index contributed by atoms with van der Waals surface area (Å²) in [5, 5.41) is 0. The van der Waals surface area contributed by atoms with E-state index in [0.29, 0.717) is 47.2 Å². The fourth-order valence-corrected chi connectivity index (χ4v) is 3.74. The summed E-state index contributed by atoms with van der Waals surface area (Å²) >= 11 is 0. The molecule has 2 aromatic heterocycles. The highest BCUT2D eigenvalue weighted by molar-refractivity contribution is 5.95. The van der Waals surface area contributed by atoms with E-state index < -0.39 is 0 Å². The molecule has 1 fully saturated rings. The normalized spacial score (nSPS) is 15.8. The molecule has 1 saturated heterocycles.